The molecular formula is C15H18. The van der Waals surface area contributed by atoms with Gasteiger partial charge < -0.3 is 0 Å². The Balaban J connectivity index is 0.000000531. The van der Waals surface area contributed by atoms with Crippen LogP contribution in [-0.4, -0.2) is 0 Å². The van der Waals surface area contributed by atoms with Crippen molar-refractivity contribution in [3.05, 3.63) is 66.3 Å². The van der Waals surface area contributed by atoms with Gasteiger partial charge in [-0.1, -0.05) is 74.6 Å². The summed E-state index contributed by atoms with van der Waals surface area (Å²) in [5.74, 6) is 0. The Kier molecular flexibility index (Phi) is 5.24. The Labute approximate surface area is 92.6 Å². The number of hydrogen-bond acceptors (Lipinski definition) is 0. The molecule has 0 aromatic heterocycles. The van der Waals surface area contributed by atoms with Crippen LogP contribution in [0.1, 0.15) is 25.8 Å². The first-order chi connectivity index (χ1) is 7.47. The number of allylic oxidation sites excluding steroid dienone is 6. The Morgan fingerprint density at radius 2 is 1.67 bits per heavy atom. The largest absolute Gasteiger partial charge is 0.0807 e. The molecule has 1 aromatic rings. The first-order valence-corrected chi connectivity index (χ1v) is 5.55. The Morgan fingerprint density at radius 3 is 2.40 bits per heavy atom. The standard InChI is InChI=1S/C13H12.C2H6/c1-2-5-9-12(8-4-1)13-10-6-3-7-11-13;1-2/h1,3-11H,2H2;1-2H3. The van der Waals surface area contributed by atoms with E-state index >= 15 is 0 Å². The van der Waals surface area contributed by atoms with E-state index in [2.05, 4.69) is 54.6 Å². The van der Waals surface area contributed by atoms with Gasteiger partial charge in [0.25, 0.3) is 0 Å². The number of benzene rings is 1. The van der Waals surface area contributed by atoms with Crippen molar-refractivity contribution in [2.45, 2.75) is 20.3 Å². The SMILES string of the molecule is C1=CCC=CC(c2ccccc2)=C1.CC. The fourth-order valence-corrected chi connectivity index (χ4v) is 1.40. The molecule has 0 radical (unpaired) electrons. The summed E-state index contributed by atoms with van der Waals surface area (Å²) in [6.45, 7) is 4.00. The third-order valence-electron chi connectivity index (χ3n) is 2.09. The minimum Gasteiger partial charge on any atom is -0.0807 e. The van der Waals surface area contributed by atoms with Crippen LogP contribution in [0.5, 0.6) is 0 Å². The van der Waals surface area contributed by atoms with Gasteiger partial charge in [0, 0.05) is 0 Å². The van der Waals surface area contributed by atoms with Crippen molar-refractivity contribution in [2.75, 3.05) is 0 Å². The van der Waals surface area contributed by atoms with Crippen molar-refractivity contribution < 1.29 is 0 Å². The van der Waals surface area contributed by atoms with Gasteiger partial charge in [-0.3, -0.25) is 0 Å². The van der Waals surface area contributed by atoms with Gasteiger partial charge in [-0.15, -0.1) is 0 Å². The van der Waals surface area contributed by atoms with Crippen molar-refractivity contribution in [3.8, 4) is 0 Å². The summed E-state index contributed by atoms with van der Waals surface area (Å²) in [7, 11) is 0. The van der Waals surface area contributed by atoms with Gasteiger partial charge in [0.05, 0.1) is 0 Å². The molecule has 0 aliphatic heterocycles. The molecule has 0 bridgehead atoms. The van der Waals surface area contributed by atoms with E-state index in [-0.39, 0.29) is 0 Å². The maximum absolute atomic E-state index is 2.18. The van der Waals surface area contributed by atoms with Crippen molar-refractivity contribution >= 4 is 5.57 Å². The lowest BCUT2D eigenvalue weighted by atomic mass is 10.1. The smallest absolute Gasteiger partial charge is 0.0163 e. The fourth-order valence-electron chi connectivity index (χ4n) is 1.40. The van der Waals surface area contributed by atoms with Crippen molar-refractivity contribution in [1.29, 1.82) is 0 Å². The molecule has 0 heterocycles. The van der Waals surface area contributed by atoms with Gasteiger partial charge in [0.15, 0.2) is 0 Å². The van der Waals surface area contributed by atoms with Gasteiger partial charge in [0.1, 0.15) is 0 Å². The highest BCUT2D eigenvalue weighted by Gasteiger charge is 1.95. The molecule has 1 aromatic carbocycles. The molecule has 1 aliphatic carbocycles. The van der Waals surface area contributed by atoms with Crippen LogP contribution in [0.4, 0.5) is 0 Å². The van der Waals surface area contributed by atoms with E-state index in [1.807, 2.05) is 19.9 Å². The second kappa shape index (κ2) is 6.83. The van der Waals surface area contributed by atoms with Gasteiger partial charge in [-0.2, -0.15) is 0 Å². The lowest BCUT2D eigenvalue weighted by molar-refractivity contribution is 1.41. The Morgan fingerprint density at radius 1 is 0.933 bits per heavy atom. The van der Waals surface area contributed by atoms with Crippen LogP contribution in [0, 0.1) is 0 Å². The highest BCUT2D eigenvalue weighted by Crippen LogP contribution is 2.17. The van der Waals surface area contributed by atoms with E-state index in [1.54, 1.807) is 0 Å². The summed E-state index contributed by atoms with van der Waals surface area (Å²) in [5, 5.41) is 0. The monoisotopic (exact) mass is 198 g/mol. The van der Waals surface area contributed by atoms with Crippen molar-refractivity contribution in [1.82, 2.24) is 0 Å². The van der Waals surface area contributed by atoms with Crippen LogP contribution in [0.3, 0.4) is 0 Å². The van der Waals surface area contributed by atoms with Crippen LogP contribution in [0.15, 0.2) is 60.7 Å². The molecule has 0 spiro atoms. The van der Waals surface area contributed by atoms with E-state index in [0.717, 1.165) is 6.42 Å². The van der Waals surface area contributed by atoms with E-state index in [1.165, 1.54) is 11.1 Å². The van der Waals surface area contributed by atoms with E-state index in [0.29, 0.717) is 0 Å². The second-order valence-corrected chi connectivity index (χ2v) is 3.05. The van der Waals surface area contributed by atoms with Gasteiger partial charge in [0.2, 0.25) is 0 Å². The molecule has 0 saturated carbocycles. The molecule has 2 rings (SSSR count). The minimum absolute atomic E-state index is 1.03. The second-order valence-electron chi connectivity index (χ2n) is 3.05. The lowest BCUT2D eigenvalue weighted by Crippen LogP contribution is -1.77. The van der Waals surface area contributed by atoms with Gasteiger partial charge in [-0.05, 0) is 17.6 Å². The van der Waals surface area contributed by atoms with E-state index in [9.17, 15) is 0 Å². The summed E-state index contributed by atoms with van der Waals surface area (Å²) in [6.07, 6.45) is 11.8. The topological polar surface area (TPSA) is 0 Å². The predicted molar refractivity (Wildman–Crippen MR) is 68.7 cm³/mol. The highest BCUT2D eigenvalue weighted by atomic mass is 14.0. The van der Waals surface area contributed by atoms with Gasteiger partial charge in [-0.25, -0.2) is 0 Å². The molecule has 0 heteroatoms. The zero-order valence-corrected chi connectivity index (χ0v) is 9.48. The lowest BCUT2D eigenvalue weighted by Gasteiger charge is -1.99. The average Bonchev–Trinajstić information content (AvgIpc) is 2.61. The summed E-state index contributed by atoms with van der Waals surface area (Å²) < 4.78 is 0. The summed E-state index contributed by atoms with van der Waals surface area (Å²) in [6, 6.07) is 10.4. The molecule has 0 fully saturated rings. The zero-order chi connectivity index (χ0) is 10.9. The van der Waals surface area contributed by atoms with E-state index < -0.39 is 0 Å². The van der Waals surface area contributed by atoms with Crippen molar-refractivity contribution in [3.63, 3.8) is 0 Å². The zero-order valence-electron chi connectivity index (χ0n) is 9.48. The molecule has 0 atom stereocenters. The van der Waals surface area contributed by atoms with Crippen molar-refractivity contribution in [2.24, 2.45) is 0 Å². The van der Waals surface area contributed by atoms with Gasteiger partial charge >= 0.3 is 0 Å². The molecule has 15 heavy (non-hydrogen) atoms. The molecule has 0 amide bonds. The minimum atomic E-state index is 1.03. The molecule has 1 aliphatic rings. The highest BCUT2D eigenvalue weighted by molar-refractivity contribution is 5.75. The molecule has 78 valence electrons. The number of hydrogen-bond donors (Lipinski definition) is 0. The van der Waals surface area contributed by atoms with Crippen LogP contribution in [0.2, 0.25) is 0 Å². The molecule has 0 nitrogen and oxygen atoms in total. The maximum atomic E-state index is 2.18. The summed E-state index contributed by atoms with van der Waals surface area (Å²) in [5.41, 5.74) is 2.57. The summed E-state index contributed by atoms with van der Waals surface area (Å²) >= 11 is 0. The Hall–Kier alpha value is -1.56. The molecule has 0 N–H and O–H groups in total. The van der Waals surface area contributed by atoms with Crippen LogP contribution < -0.4 is 0 Å². The third-order valence-corrected chi connectivity index (χ3v) is 2.09. The predicted octanol–water partition coefficient (Wildman–Crippen LogP) is 4.61. The normalized spacial score (nSPS) is 13.6. The maximum Gasteiger partial charge on any atom is -0.0163 e. The molecule has 0 unspecified atom stereocenters. The quantitative estimate of drug-likeness (QED) is 0.618. The molecule has 0 saturated heterocycles. The average molecular weight is 198 g/mol. The third kappa shape index (κ3) is 3.59. The fraction of sp³-hybridized carbons (Fsp3) is 0.200. The summed E-state index contributed by atoms with van der Waals surface area (Å²) in [4.78, 5) is 0. The van der Waals surface area contributed by atoms with E-state index in [4.69, 9.17) is 0 Å². The first-order valence-electron chi connectivity index (χ1n) is 5.55. The van der Waals surface area contributed by atoms with Crippen LogP contribution in [-0.2, 0) is 0 Å². The number of rotatable bonds is 1. The molecular weight excluding hydrogens is 180 g/mol. The van der Waals surface area contributed by atoms with Crippen LogP contribution >= 0.6 is 0 Å². The van der Waals surface area contributed by atoms with Crippen LogP contribution in [0.25, 0.3) is 5.57 Å². The first kappa shape index (κ1) is 11.5. The Bertz CT molecular complexity index is 353.